The van der Waals surface area contributed by atoms with E-state index in [-0.39, 0.29) is 23.6 Å². The van der Waals surface area contributed by atoms with E-state index in [4.69, 9.17) is 4.74 Å². The molecular weight excluding hydrogens is 403 g/mol. The third-order valence-electron chi connectivity index (χ3n) is 3.87. The number of sulfonamides is 1. The minimum atomic E-state index is -4.35. The van der Waals surface area contributed by atoms with Crippen LogP contribution in [0.1, 0.15) is 26.3 Å². The Morgan fingerprint density at radius 3 is 2.31 bits per heavy atom. The zero-order valence-corrected chi connectivity index (χ0v) is 17.0. The largest absolute Gasteiger partial charge is 0.448 e. The maximum absolute atomic E-state index is 13.5. The van der Waals surface area contributed by atoms with E-state index in [1.54, 1.807) is 0 Å². The highest BCUT2D eigenvalue weighted by atomic mass is 32.2. The second kappa shape index (κ2) is 8.56. The molecule has 2 aromatic rings. The van der Waals surface area contributed by atoms with Crippen molar-refractivity contribution >= 4 is 21.8 Å². The van der Waals surface area contributed by atoms with Gasteiger partial charge in [0, 0.05) is 18.6 Å². The van der Waals surface area contributed by atoms with Crippen molar-refractivity contribution in [3.63, 3.8) is 0 Å². The summed E-state index contributed by atoms with van der Waals surface area (Å²) >= 11 is 0. The van der Waals surface area contributed by atoms with Crippen LogP contribution in [0.4, 0.5) is 14.9 Å². The van der Waals surface area contributed by atoms with E-state index in [1.165, 1.54) is 57.2 Å². The molecule has 0 saturated heterocycles. The Morgan fingerprint density at radius 1 is 1.17 bits per heavy atom. The van der Waals surface area contributed by atoms with E-state index in [0.29, 0.717) is 9.87 Å². The van der Waals surface area contributed by atoms with E-state index in [0.717, 1.165) is 12.1 Å². The lowest BCUT2D eigenvalue weighted by Gasteiger charge is -2.33. The van der Waals surface area contributed by atoms with Crippen molar-refractivity contribution in [1.82, 2.24) is 4.31 Å². The van der Waals surface area contributed by atoms with Gasteiger partial charge in [-0.1, -0.05) is 18.2 Å². The highest BCUT2D eigenvalue weighted by molar-refractivity contribution is 7.89. The molecule has 0 radical (unpaired) electrons. The normalized spacial score (nSPS) is 11.7. The number of rotatable bonds is 6. The summed E-state index contributed by atoms with van der Waals surface area (Å²) in [4.78, 5) is 22.3. The number of non-ortho nitro benzene ring substituents is 1. The fourth-order valence-electron chi connectivity index (χ4n) is 2.56. The van der Waals surface area contributed by atoms with Crippen molar-refractivity contribution < 1.29 is 27.3 Å². The van der Waals surface area contributed by atoms with Crippen molar-refractivity contribution in [2.24, 2.45) is 0 Å². The second-order valence-electron chi connectivity index (χ2n) is 7.19. The summed E-state index contributed by atoms with van der Waals surface area (Å²) in [5.74, 6) is -0.744. The molecule has 0 spiro atoms. The summed E-state index contributed by atoms with van der Waals surface area (Å²) < 4.78 is 45.0. The molecule has 8 nitrogen and oxygen atoms in total. The summed E-state index contributed by atoms with van der Waals surface area (Å²) in [5.41, 5.74) is -0.542. The average molecular weight is 424 g/mol. The van der Waals surface area contributed by atoms with E-state index in [2.05, 4.69) is 0 Å². The van der Waals surface area contributed by atoms with Crippen LogP contribution in [-0.2, 0) is 21.2 Å². The molecule has 0 heterocycles. The minimum Gasteiger partial charge on any atom is -0.448 e. The van der Waals surface area contributed by atoms with Gasteiger partial charge in [-0.2, -0.15) is 4.31 Å². The van der Waals surface area contributed by atoms with Crippen molar-refractivity contribution in [3.8, 4) is 0 Å². The van der Waals surface area contributed by atoms with E-state index >= 15 is 0 Å². The van der Waals surface area contributed by atoms with E-state index in [1.807, 2.05) is 0 Å². The Morgan fingerprint density at radius 2 is 1.79 bits per heavy atom. The molecule has 0 aliphatic carbocycles. The van der Waals surface area contributed by atoms with Gasteiger partial charge in [0.25, 0.3) is 15.7 Å². The van der Waals surface area contributed by atoms with E-state index < -0.39 is 32.4 Å². The standard InChI is InChI=1S/C19H21FN2O6S/c1-19(2,3)21(29(26,27)17-6-4-5-15(20)13-17)18(23)28-12-11-14-7-9-16(10-8-14)22(24)25/h4-10,13H,11-12H2,1-3H3. The Hall–Kier alpha value is -3.01. The molecule has 0 aliphatic heterocycles. The average Bonchev–Trinajstić information content (AvgIpc) is 2.60. The van der Waals surface area contributed by atoms with Crippen LogP contribution in [0.3, 0.4) is 0 Å². The minimum absolute atomic E-state index is 0.0640. The maximum atomic E-state index is 13.5. The monoisotopic (exact) mass is 424 g/mol. The van der Waals surface area contributed by atoms with Gasteiger partial charge in [-0.25, -0.2) is 17.6 Å². The Balaban J connectivity index is 2.14. The van der Waals surface area contributed by atoms with Crippen LogP contribution < -0.4 is 0 Å². The van der Waals surface area contributed by atoms with Crippen LogP contribution in [0.2, 0.25) is 0 Å². The number of nitro benzene ring substituents is 1. The lowest BCUT2D eigenvalue weighted by atomic mass is 10.1. The van der Waals surface area contributed by atoms with Crippen molar-refractivity contribution in [3.05, 3.63) is 70.0 Å². The van der Waals surface area contributed by atoms with Gasteiger partial charge in [-0.05, 0) is 44.5 Å². The predicted molar refractivity (Wildman–Crippen MR) is 103 cm³/mol. The lowest BCUT2D eigenvalue weighted by Crippen LogP contribution is -2.49. The number of halogens is 1. The fraction of sp³-hybridized carbons (Fsp3) is 0.316. The van der Waals surface area contributed by atoms with Crippen molar-refractivity contribution in [1.29, 1.82) is 0 Å². The lowest BCUT2D eigenvalue weighted by molar-refractivity contribution is -0.384. The number of hydrogen-bond acceptors (Lipinski definition) is 6. The third kappa shape index (κ3) is 5.50. The number of hydrogen-bond donors (Lipinski definition) is 0. The number of ether oxygens (including phenoxy) is 1. The molecule has 0 N–H and O–H groups in total. The molecule has 10 heteroatoms. The molecule has 2 rings (SSSR count). The summed E-state index contributed by atoms with van der Waals surface area (Å²) in [7, 11) is -4.35. The molecule has 156 valence electrons. The molecule has 0 saturated carbocycles. The number of carbonyl (C=O) groups is 1. The third-order valence-corrected chi connectivity index (χ3v) is 5.90. The van der Waals surface area contributed by atoms with Gasteiger partial charge in [-0.3, -0.25) is 10.1 Å². The van der Waals surface area contributed by atoms with Gasteiger partial charge in [-0.15, -0.1) is 0 Å². The highest BCUT2D eigenvalue weighted by Gasteiger charge is 2.39. The first-order valence-corrected chi connectivity index (χ1v) is 10.1. The van der Waals surface area contributed by atoms with Gasteiger partial charge in [0.1, 0.15) is 5.82 Å². The number of carbonyl (C=O) groups excluding carboxylic acids is 1. The number of amides is 1. The molecule has 0 unspecified atom stereocenters. The second-order valence-corrected chi connectivity index (χ2v) is 8.97. The Labute approximate surface area is 168 Å². The number of benzene rings is 2. The topological polar surface area (TPSA) is 107 Å². The van der Waals surface area contributed by atoms with Crippen molar-refractivity contribution in [2.75, 3.05) is 6.61 Å². The molecular formula is C19H21FN2O6S. The molecule has 0 bridgehead atoms. The molecule has 29 heavy (non-hydrogen) atoms. The fourth-order valence-corrected chi connectivity index (χ4v) is 4.26. The zero-order valence-electron chi connectivity index (χ0n) is 16.2. The van der Waals surface area contributed by atoms with Crippen LogP contribution >= 0.6 is 0 Å². The summed E-state index contributed by atoms with van der Waals surface area (Å²) in [6.45, 7) is 4.41. The van der Waals surface area contributed by atoms with Crippen LogP contribution in [0.5, 0.6) is 0 Å². The summed E-state index contributed by atoms with van der Waals surface area (Å²) in [6.07, 6.45) is -0.856. The van der Waals surface area contributed by atoms with Crippen molar-refractivity contribution in [2.45, 2.75) is 37.6 Å². The van der Waals surface area contributed by atoms with E-state index in [9.17, 15) is 27.7 Å². The Kier molecular flexibility index (Phi) is 6.58. The molecule has 0 atom stereocenters. The molecule has 0 aliphatic rings. The zero-order chi connectivity index (χ0) is 21.8. The predicted octanol–water partition coefficient (Wildman–Crippen LogP) is 3.90. The van der Waals surface area contributed by atoms with Crippen LogP contribution in [0.25, 0.3) is 0 Å². The number of nitro groups is 1. The van der Waals surface area contributed by atoms with Gasteiger partial charge in [0.05, 0.1) is 22.0 Å². The molecule has 0 fully saturated rings. The highest BCUT2D eigenvalue weighted by Crippen LogP contribution is 2.26. The Bertz CT molecular complexity index is 1000. The first-order chi connectivity index (χ1) is 13.4. The quantitative estimate of drug-likeness (QED) is 0.514. The smallest absolute Gasteiger partial charge is 0.424 e. The molecule has 0 aromatic heterocycles. The van der Waals surface area contributed by atoms with Gasteiger partial charge >= 0.3 is 6.09 Å². The maximum Gasteiger partial charge on any atom is 0.424 e. The van der Waals surface area contributed by atoms with Gasteiger partial charge in [0.2, 0.25) is 0 Å². The molecule has 2 aromatic carbocycles. The van der Waals surface area contributed by atoms with Gasteiger partial charge < -0.3 is 4.74 Å². The number of nitrogens with zero attached hydrogens (tertiary/aromatic N) is 2. The first kappa shape index (κ1) is 22.3. The summed E-state index contributed by atoms with van der Waals surface area (Å²) in [5, 5.41) is 10.7. The van der Waals surface area contributed by atoms with Crippen LogP contribution in [-0.4, -0.2) is 35.9 Å². The van der Waals surface area contributed by atoms with Crippen LogP contribution in [0, 0.1) is 15.9 Å². The first-order valence-electron chi connectivity index (χ1n) is 8.64. The molecule has 1 amide bonds. The summed E-state index contributed by atoms with van der Waals surface area (Å²) in [6, 6.07) is 10.1. The van der Waals surface area contributed by atoms with Crippen LogP contribution in [0.15, 0.2) is 53.4 Å². The van der Waals surface area contributed by atoms with Gasteiger partial charge in [0.15, 0.2) is 0 Å². The SMILES string of the molecule is CC(C)(C)N(C(=O)OCCc1ccc([N+](=O)[O-])cc1)S(=O)(=O)c1cccc(F)c1.